The summed E-state index contributed by atoms with van der Waals surface area (Å²) in [6.45, 7) is 3.29. The topological polar surface area (TPSA) is 73.4 Å². The first-order valence-electron chi connectivity index (χ1n) is 7.20. The maximum Gasteiger partial charge on any atom is 0.319 e. The smallest absolute Gasteiger partial charge is 0.319 e. The van der Waals surface area contributed by atoms with Crippen LogP contribution in [0.15, 0.2) is 12.1 Å². The van der Waals surface area contributed by atoms with Gasteiger partial charge in [-0.1, -0.05) is 0 Å². The molecule has 1 N–H and O–H groups in total. The van der Waals surface area contributed by atoms with Gasteiger partial charge in [0.15, 0.2) is 11.5 Å². The number of ether oxygens (including phenoxy) is 3. The van der Waals surface area contributed by atoms with Gasteiger partial charge in [0.2, 0.25) is 0 Å². The summed E-state index contributed by atoms with van der Waals surface area (Å²) in [5.74, 6) is 1.90. The Bertz CT molecular complexity index is 675. The molecular weight excluding hydrogens is 272 g/mol. The zero-order valence-corrected chi connectivity index (χ0v) is 11.8. The SMILES string of the molecule is CCOC(=O)C1(c2nc3cc4c(cc3[nH]2)OCCO4)CC1. The lowest BCUT2D eigenvalue weighted by atomic mass is 10.1. The number of esters is 1. The number of nitrogens with zero attached hydrogens (tertiary/aromatic N) is 1. The lowest BCUT2D eigenvalue weighted by Gasteiger charge is -2.17. The van der Waals surface area contributed by atoms with Crippen LogP contribution < -0.4 is 9.47 Å². The molecule has 1 saturated carbocycles. The van der Waals surface area contributed by atoms with Crippen molar-refractivity contribution in [3.8, 4) is 11.5 Å². The van der Waals surface area contributed by atoms with Crippen LogP contribution in [-0.2, 0) is 14.9 Å². The molecule has 1 aliphatic heterocycles. The van der Waals surface area contributed by atoms with Crippen molar-refractivity contribution in [3.05, 3.63) is 18.0 Å². The second-order valence-corrected chi connectivity index (χ2v) is 5.40. The highest BCUT2D eigenvalue weighted by Gasteiger charge is 2.55. The predicted molar refractivity (Wildman–Crippen MR) is 74.6 cm³/mol. The van der Waals surface area contributed by atoms with Gasteiger partial charge >= 0.3 is 5.97 Å². The minimum absolute atomic E-state index is 0.193. The number of aromatic amines is 1. The summed E-state index contributed by atoms with van der Waals surface area (Å²) in [4.78, 5) is 19.9. The van der Waals surface area contributed by atoms with E-state index in [0.29, 0.717) is 37.1 Å². The largest absolute Gasteiger partial charge is 0.486 e. The van der Waals surface area contributed by atoms with Crippen molar-refractivity contribution in [1.29, 1.82) is 0 Å². The number of carbonyl (C=O) groups excluding carboxylic acids is 1. The van der Waals surface area contributed by atoms with Crippen molar-refractivity contribution in [2.75, 3.05) is 19.8 Å². The van der Waals surface area contributed by atoms with Crippen molar-refractivity contribution in [3.63, 3.8) is 0 Å². The third kappa shape index (κ3) is 1.86. The van der Waals surface area contributed by atoms with Gasteiger partial charge in [-0.15, -0.1) is 0 Å². The van der Waals surface area contributed by atoms with Gasteiger partial charge in [0.05, 0.1) is 17.6 Å². The monoisotopic (exact) mass is 288 g/mol. The molecule has 6 nitrogen and oxygen atoms in total. The average molecular weight is 288 g/mol. The summed E-state index contributed by atoms with van der Waals surface area (Å²) in [7, 11) is 0. The summed E-state index contributed by atoms with van der Waals surface area (Å²) >= 11 is 0. The number of fused-ring (bicyclic) bond motifs is 2. The second kappa shape index (κ2) is 4.38. The molecular formula is C15H16N2O4. The van der Waals surface area contributed by atoms with Gasteiger partial charge in [-0.25, -0.2) is 4.98 Å². The molecule has 0 atom stereocenters. The van der Waals surface area contributed by atoms with Gasteiger partial charge < -0.3 is 19.2 Å². The maximum atomic E-state index is 12.1. The first-order valence-corrected chi connectivity index (χ1v) is 7.20. The van der Waals surface area contributed by atoms with Crippen molar-refractivity contribution >= 4 is 17.0 Å². The van der Waals surface area contributed by atoms with E-state index in [9.17, 15) is 4.79 Å². The minimum atomic E-state index is -0.586. The van der Waals surface area contributed by atoms with E-state index in [1.807, 2.05) is 19.1 Å². The highest BCUT2D eigenvalue weighted by molar-refractivity contribution is 5.88. The number of H-pyrrole nitrogens is 1. The summed E-state index contributed by atoms with van der Waals surface area (Å²) in [5.41, 5.74) is 1.05. The summed E-state index contributed by atoms with van der Waals surface area (Å²) in [5, 5.41) is 0. The van der Waals surface area contributed by atoms with Crippen LogP contribution in [0.1, 0.15) is 25.6 Å². The normalized spacial score (nSPS) is 18.5. The van der Waals surface area contributed by atoms with E-state index in [0.717, 1.165) is 23.9 Å². The average Bonchev–Trinajstić information content (AvgIpc) is 3.20. The molecule has 4 rings (SSSR count). The number of nitrogens with one attached hydrogen (secondary N) is 1. The molecule has 0 spiro atoms. The molecule has 0 unspecified atom stereocenters. The molecule has 1 aromatic heterocycles. The number of hydrogen-bond donors (Lipinski definition) is 1. The molecule has 1 fully saturated rings. The first kappa shape index (κ1) is 12.5. The van der Waals surface area contributed by atoms with E-state index in [1.165, 1.54) is 0 Å². The molecule has 2 aromatic rings. The van der Waals surface area contributed by atoms with Crippen LogP contribution >= 0.6 is 0 Å². The summed E-state index contributed by atoms with van der Waals surface area (Å²) < 4.78 is 16.3. The molecule has 0 bridgehead atoms. The van der Waals surface area contributed by atoms with Crippen LogP contribution in [0, 0.1) is 0 Å². The lowest BCUT2D eigenvalue weighted by molar-refractivity contribution is -0.146. The van der Waals surface area contributed by atoms with Crippen molar-refractivity contribution in [2.24, 2.45) is 0 Å². The van der Waals surface area contributed by atoms with Crippen LogP contribution in [-0.4, -0.2) is 35.8 Å². The molecule has 2 heterocycles. The zero-order valence-electron chi connectivity index (χ0n) is 11.8. The summed E-state index contributed by atoms with van der Waals surface area (Å²) in [6.07, 6.45) is 1.55. The molecule has 110 valence electrons. The van der Waals surface area contributed by atoms with Gasteiger partial charge in [0.1, 0.15) is 24.5 Å². The molecule has 0 saturated heterocycles. The van der Waals surface area contributed by atoms with Gasteiger partial charge in [-0.05, 0) is 19.8 Å². The predicted octanol–water partition coefficient (Wildman–Crippen LogP) is 1.93. The number of carbonyl (C=O) groups is 1. The highest BCUT2D eigenvalue weighted by atomic mass is 16.6. The molecule has 1 aliphatic carbocycles. The molecule has 0 radical (unpaired) electrons. The first-order chi connectivity index (χ1) is 10.2. The van der Waals surface area contributed by atoms with Gasteiger partial charge in [-0.3, -0.25) is 4.79 Å². The van der Waals surface area contributed by atoms with E-state index >= 15 is 0 Å². The van der Waals surface area contributed by atoms with Gasteiger partial charge in [0, 0.05) is 12.1 Å². The van der Waals surface area contributed by atoms with Crippen LogP contribution in [0.2, 0.25) is 0 Å². The fourth-order valence-corrected chi connectivity index (χ4v) is 2.71. The Morgan fingerprint density at radius 2 is 2.05 bits per heavy atom. The molecule has 21 heavy (non-hydrogen) atoms. The molecule has 1 aromatic carbocycles. The van der Waals surface area contributed by atoms with Crippen LogP contribution in [0.3, 0.4) is 0 Å². The number of imidazole rings is 1. The van der Waals surface area contributed by atoms with E-state index in [2.05, 4.69) is 9.97 Å². The van der Waals surface area contributed by atoms with Crippen molar-refractivity contribution in [1.82, 2.24) is 9.97 Å². The highest BCUT2D eigenvalue weighted by Crippen LogP contribution is 2.48. The quantitative estimate of drug-likeness (QED) is 0.874. The number of aromatic nitrogens is 2. The third-order valence-electron chi connectivity index (χ3n) is 4.02. The van der Waals surface area contributed by atoms with Gasteiger partial charge in [-0.2, -0.15) is 0 Å². The third-order valence-corrected chi connectivity index (χ3v) is 4.02. The fraction of sp³-hybridized carbons (Fsp3) is 0.467. The van der Waals surface area contributed by atoms with E-state index in [4.69, 9.17) is 14.2 Å². The minimum Gasteiger partial charge on any atom is -0.486 e. The summed E-state index contributed by atoms with van der Waals surface area (Å²) in [6, 6.07) is 3.73. The van der Waals surface area contributed by atoms with Crippen molar-refractivity contribution in [2.45, 2.75) is 25.2 Å². The Kier molecular flexibility index (Phi) is 2.60. The fourth-order valence-electron chi connectivity index (χ4n) is 2.71. The van der Waals surface area contributed by atoms with E-state index in [1.54, 1.807) is 0 Å². The number of rotatable bonds is 3. The number of benzene rings is 1. The zero-order chi connectivity index (χ0) is 14.4. The second-order valence-electron chi connectivity index (χ2n) is 5.40. The van der Waals surface area contributed by atoms with Gasteiger partial charge in [0.25, 0.3) is 0 Å². The Morgan fingerprint density at radius 1 is 1.33 bits per heavy atom. The molecule has 2 aliphatic rings. The van der Waals surface area contributed by atoms with Crippen LogP contribution in [0.25, 0.3) is 11.0 Å². The Morgan fingerprint density at radius 3 is 2.71 bits per heavy atom. The molecule has 6 heteroatoms. The maximum absolute atomic E-state index is 12.1. The van der Waals surface area contributed by atoms with Crippen molar-refractivity contribution < 1.29 is 19.0 Å². The van der Waals surface area contributed by atoms with Crippen LogP contribution in [0.5, 0.6) is 11.5 Å². The van der Waals surface area contributed by atoms with Crippen LogP contribution in [0.4, 0.5) is 0 Å². The Balaban J connectivity index is 1.76. The standard InChI is InChI=1S/C15H16N2O4/c1-2-19-14(18)15(3-4-15)13-16-9-7-11-12(8-10(9)17-13)21-6-5-20-11/h7-8H,2-6H2,1H3,(H,16,17). The number of hydrogen-bond acceptors (Lipinski definition) is 5. The Labute approximate surface area is 121 Å². The van der Waals surface area contributed by atoms with E-state index in [-0.39, 0.29) is 5.97 Å². The van der Waals surface area contributed by atoms with E-state index < -0.39 is 5.41 Å². The molecule has 0 amide bonds. The Hall–Kier alpha value is -2.24. The lowest BCUT2D eigenvalue weighted by Crippen LogP contribution is -2.24.